The van der Waals surface area contributed by atoms with Crippen molar-refractivity contribution in [3.8, 4) is 0 Å². The van der Waals surface area contributed by atoms with Crippen LogP contribution in [0.2, 0.25) is 0 Å². The first kappa shape index (κ1) is 15.4. The summed E-state index contributed by atoms with van der Waals surface area (Å²) in [5, 5.41) is 12.0. The molecule has 1 aromatic rings. The maximum absolute atomic E-state index is 4.65. The summed E-state index contributed by atoms with van der Waals surface area (Å²) in [5.41, 5.74) is 3.59. The molecule has 2 rings (SSSR count). The molecular weight excluding hydrogens is 248 g/mol. The first-order valence-electron chi connectivity index (χ1n) is 8.04. The van der Waals surface area contributed by atoms with E-state index in [9.17, 15) is 0 Å². The Labute approximate surface area is 123 Å². The number of nitrogens with zero attached hydrogens (tertiary/aromatic N) is 2. The summed E-state index contributed by atoms with van der Waals surface area (Å²) >= 11 is 0. The van der Waals surface area contributed by atoms with E-state index in [2.05, 4.69) is 55.0 Å². The van der Waals surface area contributed by atoms with Crippen LogP contribution in [0.1, 0.15) is 63.9 Å². The summed E-state index contributed by atoms with van der Waals surface area (Å²) in [4.78, 5) is 0. The smallest absolute Gasteiger partial charge is 0.0828 e. The van der Waals surface area contributed by atoms with Crippen molar-refractivity contribution in [2.24, 2.45) is 0 Å². The summed E-state index contributed by atoms with van der Waals surface area (Å²) in [6.45, 7) is 12.1. The second-order valence-electron chi connectivity index (χ2n) is 6.51. The Kier molecular flexibility index (Phi) is 5.08. The summed E-state index contributed by atoms with van der Waals surface area (Å²) in [6, 6.07) is 1.57. The standard InChI is InChI=1S/C16H30N4/c1-11(2)20-14(5)16(13(4)19-20)18-12(3)10-15-8-6-7-9-17-15/h11-12,15,17-18H,6-10H2,1-5H3. The van der Waals surface area contributed by atoms with Crippen LogP contribution < -0.4 is 10.6 Å². The lowest BCUT2D eigenvalue weighted by Crippen LogP contribution is -2.37. The van der Waals surface area contributed by atoms with Gasteiger partial charge < -0.3 is 10.6 Å². The second kappa shape index (κ2) is 6.61. The number of hydrogen-bond acceptors (Lipinski definition) is 3. The quantitative estimate of drug-likeness (QED) is 0.867. The van der Waals surface area contributed by atoms with Gasteiger partial charge in [-0.25, -0.2) is 0 Å². The molecule has 0 radical (unpaired) electrons. The van der Waals surface area contributed by atoms with Gasteiger partial charge in [0.1, 0.15) is 0 Å². The zero-order chi connectivity index (χ0) is 14.7. The first-order valence-corrected chi connectivity index (χ1v) is 8.04. The van der Waals surface area contributed by atoms with Gasteiger partial charge in [0.25, 0.3) is 0 Å². The van der Waals surface area contributed by atoms with E-state index in [1.165, 1.54) is 43.6 Å². The van der Waals surface area contributed by atoms with Crippen molar-refractivity contribution in [2.75, 3.05) is 11.9 Å². The van der Waals surface area contributed by atoms with Crippen LogP contribution in [0, 0.1) is 13.8 Å². The van der Waals surface area contributed by atoms with Crippen LogP contribution in [-0.4, -0.2) is 28.4 Å². The Balaban J connectivity index is 1.98. The van der Waals surface area contributed by atoms with Crippen molar-refractivity contribution in [1.29, 1.82) is 0 Å². The van der Waals surface area contributed by atoms with E-state index >= 15 is 0 Å². The van der Waals surface area contributed by atoms with Crippen molar-refractivity contribution in [3.05, 3.63) is 11.4 Å². The minimum atomic E-state index is 0.416. The molecule has 1 aromatic heterocycles. The number of nitrogens with one attached hydrogen (secondary N) is 2. The highest BCUT2D eigenvalue weighted by Gasteiger charge is 2.19. The zero-order valence-electron chi connectivity index (χ0n) is 13.7. The molecule has 2 unspecified atom stereocenters. The minimum absolute atomic E-state index is 0.416. The Bertz CT molecular complexity index is 430. The van der Waals surface area contributed by atoms with Crippen molar-refractivity contribution >= 4 is 5.69 Å². The van der Waals surface area contributed by atoms with E-state index < -0.39 is 0 Å². The third kappa shape index (κ3) is 3.54. The van der Waals surface area contributed by atoms with Gasteiger partial charge in [0.05, 0.1) is 17.1 Å². The zero-order valence-corrected chi connectivity index (χ0v) is 13.7. The molecule has 1 aliphatic rings. The maximum atomic E-state index is 4.65. The summed E-state index contributed by atoms with van der Waals surface area (Å²) in [7, 11) is 0. The first-order chi connectivity index (χ1) is 9.49. The van der Waals surface area contributed by atoms with Crippen molar-refractivity contribution in [2.45, 2.75) is 78.4 Å². The fourth-order valence-electron chi connectivity index (χ4n) is 3.23. The summed E-state index contributed by atoms with van der Waals surface area (Å²) in [5.74, 6) is 0. The monoisotopic (exact) mass is 278 g/mol. The van der Waals surface area contributed by atoms with Crippen LogP contribution in [0.4, 0.5) is 5.69 Å². The van der Waals surface area contributed by atoms with Gasteiger partial charge in [0, 0.05) is 18.1 Å². The maximum Gasteiger partial charge on any atom is 0.0828 e. The Morgan fingerprint density at radius 3 is 2.60 bits per heavy atom. The van der Waals surface area contributed by atoms with Gasteiger partial charge in [-0.1, -0.05) is 6.42 Å². The molecule has 1 fully saturated rings. The van der Waals surface area contributed by atoms with E-state index in [0.29, 0.717) is 18.1 Å². The lowest BCUT2D eigenvalue weighted by molar-refractivity contribution is 0.371. The van der Waals surface area contributed by atoms with Crippen LogP contribution in [0.25, 0.3) is 0 Å². The van der Waals surface area contributed by atoms with Crippen molar-refractivity contribution in [1.82, 2.24) is 15.1 Å². The van der Waals surface area contributed by atoms with Crippen LogP contribution in [0.3, 0.4) is 0 Å². The molecule has 2 atom stereocenters. The number of aromatic nitrogens is 2. The van der Waals surface area contributed by atoms with Gasteiger partial charge in [0.2, 0.25) is 0 Å². The molecule has 2 N–H and O–H groups in total. The van der Waals surface area contributed by atoms with Gasteiger partial charge in [-0.2, -0.15) is 5.10 Å². The predicted octanol–water partition coefficient (Wildman–Crippen LogP) is 3.41. The molecule has 0 amide bonds. The average Bonchev–Trinajstić information content (AvgIpc) is 2.68. The molecule has 4 nitrogen and oxygen atoms in total. The van der Waals surface area contributed by atoms with Gasteiger partial charge in [0.15, 0.2) is 0 Å². The Hall–Kier alpha value is -1.03. The van der Waals surface area contributed by atoms with Crippen LogP contribution >= 0.6 is 0 Å². The van der Waals surface area contributed by atoms with Crippen molar-refractivity contribution in [3.63, 3.8) is 0 Å². The molecule has 1 saturated heterocycles. The van der Waals surface area contributed by atoms with Gasteiger partial charge >= 0.3 is 0 Å². The SMILES string of the molecule is Cc1nn(C(C)C)c(C)c1NC(C)CC1CCCCN1. The molecule has 0 bridgehead atoms. The predicted molar refractivity (Wildman–Crippen MR) is 85.4 cm³/mol. The third-order valence-corrected chi connectivity index (χ3v) is 4.26. The summed E-state index contributed by atoms with van der Waals surface area (Å²) in [6.07, 6.45) is 5.20. The highest BCUT2D eigenvalue weighted by atomic mass is 15.3. The molecular formula is C16H30N4. The number of piperidine rings is 1. The lowest BCUT2D eigenvalue weighted by atomic mass is 9.98. The van der Waals surface area contributed by atoms with Crippen LogP contribution in [0.5, 0.6) is 0 Å². The highest BCUT2D eigenvalue weighted by molar-refractivity contribution is 5.52. The number of anilines is 1. The van der Waals surface area contributed by atoms with Crippen LogP contribution in [0.15, 0.2) is 0 Å². The Morgan fingerprint density at radius 2 is 2.05 bits per heavy atom. The number of rotatable bonds is 5. The fourth-order valence-corrected chi connectivity index (χ4v) is 3.23. The van der Waals surface area contributed by atoms with Crippen LogP contribution in [-0.2, 0) is 0 Å². The molecule has 0 aromatic carbocycles. The second-order valence-corrected chi connectivity index (χ2v) is 6.51. The molecule has 4 heteroatoms. The molecule has 1 aliphatic heterocycles. The minimum Gasteiger partial charge on any atom is -0.380 e. The van der Waals surface area contributed by atoms with E-state index in [1.807, 2.05) is 0 Å². The van der Waals surface area contributed by atoms with Gasteiger partial charge in [-0.15, -0.1) is 0 Å². The Morgan fingerprint density at radius 1 is 1.30 bits per heavy atom. The largest absolute Gasteiger partial charge is 0.380 e. The van der Waals surface area contributed by atoms with E-state index in [4.69, 9.17) is 0 Å². The normalized spacial score (nSPS) is 21.2. The molecule has 2 heterocycles. The summed E-state index contributed by atoms with van der Waals surface area (Å²) < 4.78 is 2.11. The lowest BCUT2D eigenvalue weighted by Gasteiger charge is -2.27. The number of hydrogen-bond donors (Lipinski definition) is 2. The van der Waals surface area contributed by atoms with E-state index in [1.54, 1.807) is 0 Å². The molecule has 20 heavy (non-hydrogen) atoms. The van der Waals surface area contributed by atoms with Crippen molar-refractivity contribution < 1.29 is 0 Å². The average molecular weight is 278 g/mol. The van der Waals surface area contributed by atoms with E-state index in [0.717, 1.165) is 5.69 Å². The highest BCUT2D eigenvalue weighted by Crippen LogP contribution is 2.24. The molecule has 114 valence electrons. The molecule has 0 aliphatic carbocycles. The van der Waals surface area contributed by atoms with Gasteiger partial charge in [-0.3, -0.25) is 4.68 Å². The van der Waals surface area contributed by atoms with Gasteiger partial charge in [-0.05, 0) is 60.4 Å². The fraction of sp³-hybridized carbons (Fsp3) is 0.812. The molecule has 0 spiro atoms. The number of aryl methyl sites for hydroxylation is 1. The third-order valence-electron chi connectivity index (χ3n) is 4.26. The molecule has 0 saturated carbocycles. The van der Waals surface area contributed by atoms with E-state index in [-0.39, 0.29) is 0 Å². The topological polar surface area (TPSA) is 41.9 Å².